The zero-order valence-electron chi connectivity index (χ0n) is 41.4. The van der Waals surface area contributed by atoms with Gasteiger partial charge in [0.25, 0.3) is 0 Å². The first-order valence-corrected chi connectivity index (χ1v) is 22.7. The minimum absolute atomic E-state index is 0.304. The summed E-state index contributed by atoms with van der Waals surface area (Å²) in [5.74, 6) is 2.74. The van der Waals surface area contributed by atoms with Gasteiger partial charge in [0.05, 0.1) is 58.2 Å². The van der Waals surface area contributed by atoms with E-state index in [1.807, 2.05) is 91.0 Å². The van der Waals surface area contributed by atoms with Crippen molar-refractivity contribution < 1.29 is 0 Å². The Labute approximate surface area is 404 Å². The summed E-state index contributed by atoms with van der Waals surface area (Å²) >= 11 is 0. The Morgan fingerprint density at radius 1 is 0.294 bits per heavy atom. The van der Waals surface area contributed by atoms with Gasteiger partial charge in [0.2, 0.25) is 0 Å². The predicted octanol–water partition coefficient (Wildman–Crippen LogP) is 15.5. The lowest BCUT2D eigenvalue weighted by molar-refractivity contribution is 0.589. The highest BCUT2D eigenvalue weighted by atomic mass is 14.3. The molecule has 0 atom stereocenters. The largest absolute Gasteiger partial charge is 0.192 e. The van der Waals surface area contributed by atoms with E-state index in [1.165, 1.54) is 0 Å². The molecule has 1 aliphatic carbocycles. The van der Waals surface area contributed by atoms with E-state index < -0.39 is 0 Å². The first-order valence-electron chi connectivity index (χ1n) is 22.7. The fourth-order valence-corrected chi connectivity index (χ4v) is 8.00. The summed E-state index contributed by atoms with van der Waals surface area (Å²) in [6.45, 7) is 25.4. The fraction of sp³-hybridized carbons (Fsp3) is 0.254. The molecule has 0 amide bonds. The topological polar surface area (TPSA) is 119 Å². The lowest BCUT2D eigenvalue weighted by Gasteiger charge is -2.22. The van der Waals surface area contributed by atoms with Gasteiger partial charge < -0.3 is 0 Å². The number of terminal acetylenes is 1. The van der Waals surface area contributed by atoms with E-state index in [-0.39, 0.29) is 21.7 Å². The highest BCUT2D eigenvalue weighted by Gasteiger charge is 2.22. The first-order chi connectivity index (χ1) is 31.8. The third kappa shape index (κ3) is 11.4. The van der Waals surface area contributed by atoms with Crippen molar-refractivity contribution in [3.8, 4) is 42.7 Å². The summed E-state index contributed by atoms with van der Waals surface area (Å²) in [6, 6.07) is 41.7. The van der Waals surface area contributed by atoms with Gasteiger partial charge in [-0.3, -0.25) is 0 Å². The molecule has 0 fully saturated rings. The van der Waals surface area contributed by atoms with Crippen LogP contribution in [0.1, 0.15) is 167 Å². The van der Waals surface area contributed by atoms with Gasteiger partial charge in [0.15, 0.2) is 0 Å². The Hall–Kier alpha value is -8.19. The summed E-state index contributed by atoms with van der Waals surface area (Å²) in [7, 11) is 0. The van der Waals surface area contributed by atoms with Crippen LogP contribution < -0.4 is 0 Å². The van der Waals surface area contributed by atoms with E-state index >= 15 is 0 Å². The zero-order chi connectivity index (χ0) is 49.9. The number of rotatable bonds is 0. The molecule has 0 N–H and O–H groups in total. The molecule has 0 saturated carbocycles. The van der Waals surface area contributed by atoms with Crippen LogP contribution >= 0.6 is 0 Å². The quantitative estimate of drug-likeness (QED) is 0.143. The Balaban J connectivity index is 1.78. The number of hydrogen-bond donors (Lipinski definition) is 0. The predicted molar refractivity (Wildman–Crippen MR) is 282 cm³/mol. The van der Waals surface area contributed by atoms with Crippen LogP contribution in [0.15, 0.2) is 91.0 Å². The van der Waals surface area contributed by atoms with Gasteiger partial charge in [-0.25, -0.2) is 0 Å². The second kappa shape index (κ2) is 19.0. The Morgan fingerprint density at radius 2 is 0.500 bits per heavy atom. The minimum Gasteiger partial charge on any atom is -0.192 e. The standard InChI is InChI=1S/C63H57N5/c1-14-40-15-41-17-46(16-40)51(35-64)23-42-18-48(32-56(27-42)60(2,3)4)53(37-66)25-44-20-50(34-58(29-44)62(8,9)10)55(39-68)26-45-21-49(33-59(30-45)63(11,12)13)54(38-67)24-43-19-47(52(22-41)36-65)31-57(28-43)61(5,6)7/h1,15-34H,2-13H3/b51-23?,52-22+,53-25+,54-24+,55-26+. The molecule has 10 bridgehead atoms. The van der Waals surface area contributed by atoms with Crippen molar-refractivity contribution in [3.05, 3.63) is 174 Å². The van der Waals surface area contributed by atoms with Crippen molar-refractivity contribution in [1.82, 2.24) is 0 Å². The number of nitrogens with zero attached hydrogens (tertiary/aromatic N) is 5. The third-order valence-electron chi connectivity index (χ3n) is 12.1. The second-order valence-corrected chi connectivity index (χ2v) is 21.7. The van der Waals surface area contributed by atoms with Gasteiger partial charge in [-0.2, -0.15) is 26.3 Å². The molecule has 5 heteroatoms. The lowest BCUT2D eigenvalue weighted by atomic mass is 9.82. The van der Waals surface area contributed by atoms with Crippen LogP contribution in [0.4, 0.5) is 0 Å². The average molecular weight is 884 g/mol. The van der Waals surface area contributed by atoms with Crippen LogP contribution in [0.5, 0.6) is 0 Å². The van der Waals surface area contributed by atoms with Gasteiger partial charge in [-0.1, -0.05) is 113 Å². The third-order valence-corrected chi connectivity index (χ3v) is 12.1. The monoisotopic (exact) mass is 883 g/mol. The number of nitriles is 5. The first kappa shape index (κ1) is 49.2. The van der Waals surface area contributed by atoms with Gasteiger partial charge in [-0.15, -0.1) is 6.42 Å². The van der Waals surface area contributed by atoms with Crippen LogP contribution in [-0.4, -0.2) is 0 Å². The summed E-state index contributed by atoms with van der Waals surface area (Å²) in [5, 5.41) is 54.2. The van der Waals surface area contributed by atoms with E-state index in [2.05, 4.69) is 138 Å². The zero-order valence-corrected chi connectivity index (χ0v) is 41.4. The van der Waals surface area contributed by atoms with Crippen molar-refractivity contribution in [3.63, 3.8) is 0 Å². The SMILES string of the molecule is C#Cc1cc2cc(c1)C(C#N)=Cc1cc(cc(C(C)(C)C)c1)/C(C#N)=C/c1cc(cc(C(C)(C)C)c1)/C(C#N)=C/c1cc(cc(C(C)(C)C)c1)/C(C#N)=C/c1cc(cc(C(C)(C)C)c1)/C(C#N)=C/2. The molecule has 5 nitrogen and oxygen atoms in total. The summed E-state index contributed by atoms with van der Waals surface area (Å²) < 4.78 is 0. The molecule has 0 spiro atoms. The maximum absolute atomic E-state index is 10.9. The van der Waals surface area contributed by atoms with E-state index in [0.717, 1.165) is 44.5 Å². The van der Waals surface area contributed by atoms with E-state index in [0.29, 0.717) is 66.8 Å². The van der Waals surface area contributed by atoms with Crippen molar-refractivity contribution in [1.29, 1.82) is 26.3 Å². The lowest BCUT2D eigenvalue weighted by Crippen LogP contribution is -2.12. The van der Waals surface area contributed by atoms with Gasteiger partial charge >= 0.3 is 0 Å². The molecular formula is C63H57N5. The van der Waals surface area contributed by atoms with Crippen LogP contribution in [0.25, 0.3) is 58.2 Å². The summed E-state index contributed by atoms with van der Waals surface area (Å²) in [4.78, 5) is 0. The molecule has 0 aromatic heterocycles. The van der Waals surface area contributed by atoms with Gasteiger partial charge in [-0.05, 0) is 197 Å². The smallest absolute Gasteiger partial charge is 0.0998 e. The van der Waals surface area contributed by atoms with Crippen molar-refractivity contribution in [2.24, 2.45) is 0 Å². The molecule has 6 rings (SSSR count). The molecule has 5 aromatic rings. The number of fused-ring (bicyclic) bond motifs is 10. The van der Waals surface area contributed by atoms with Crippen LogP contribution in [0.2, 0.25) is 0 Å². The highest BCUT2D eigenvalue weighted by Crippen LogP contribution is 2.36. The molecular weight excluding hydrogens is 827 g/mol. The van der Waals surface area contributed by atoms with Crippen LogP contribution in [-0.2, 0) is 21.7 Å². The molecule has 0 saturated heterocycles. The molecule has 0 heterocycles. The highest BCUT2D eigenvalue weighted by molar-refractivity contribution is 5.98. The minimum atomic E-state index is -0.313. The maximum Gasteiger partial charge on any atom is 0.0998 e. The molecule has 334 valence electrons. The number of allylic oxidation sites excluding steroid dienone is 5. The molecule has 1 aliphatic rings. The molecule has 0 radical (unpaired) electrons. The molecule has 68 heavy (non-hydrogen) atoms. The van der Waals surface area contributed by atoms with E-state index in [1.54, 1.807) is 12.1 Å². The van der Waals surface area contributed by atoms with Crippen LogP contribution in [0.3, 0.4) is 0 Å². The van der Waals surface area contributed by atoms with Crippen molar-refractivity contribution in [2.45, 2.75) is 105 Å². The number of benzene rings is 5. The summed E-state index contributed by atoms with van der Waals surface area (Å²) in [6.07, 6.45) is 15.2. The Bertz CT molecular complexity index is 3280. The van der Waals surface area contributed by atoms with Crippen molar-refractivity contribution >= 4 is 58.2 Å². The van der Waals surface area contributed by atoms with Crippen molar-refractivity contribution in [2.75, 3.05) is 0 Å². The van der Waals surface area contributed by atoms with Gasteiger partial charge in [0, 0.05) is 5.56 Å². The normalized spacial score (nSPS) is 16.4. The molecule has 0 unspecified atom stereocenters. The van der Waals surface area contributed by atoms with E-state index in [9.17, 15) is 26.3 Å². The molecule has 0 aliphatic heterocycles. The number of hydrogen-bond acceptors (Lipinski definition) is 5. The average Bonchev–Trinajstić information content (AvgIpc) is 3.28. The summed E-state index contributed by atoms with van der Waals surface area (Å²) in [5.41, 5.74) is 12.1. The van der Waals surface area contributed by atoms with Gasteiger partial charge in [0.1, 0.15) is 0 Å². The fourth-order valence-electron chi connectivity index (χ4n) is 8.00. The second-order valence-electron chi connectivity index (χ2n) is 21.7. The Kier molecular flexibility index (Phi) is 13.7. The van der Waals surface area contributed by atoms with E-state index in [4.69, 9.17) is 6.42 Å². The van der Waals surface area contributed by atoms with Crippen LogP contribution in [0, 0.1) is 69.0 Å². The maximum atomic E-state index is 10.9. The molecule has 5 aromatic carbocycles. The Morgan fingerprint density at radius 3 is 0.691 bits per heavy atom.